The highest BCUT2D eigenvalue weighted by molar-refractivity contribution is 5.71. The Hall–Kier alpha value is -2.71. The number of hydrogen-bond donors (Lipinski definition) is 2. The Bertz CT molecular complexity index is 1160. The minimum Gasteiger partial charge on any atom is -0.393 e. The number of anilines is 1. The number of piperidine rings is 2. The Balaban J connectivity index is 1.43. The molecular weight excluding hydrogens is 380 g/mol. The Kier molecular flexibility index (Phi) is 4.17. The fourth-order valence-corrected chi connectivity index (χ4v) is 5.37. The van der Waals surface area contributed by atoms with Crippen molar-refractivity contribution >= 4 is 11.5 Å². The number of nitrogens with one attached hydrogen (secondary N) is 1. The number of aliphatic hydroxyl groups excluding tert-OH is 1. The van der Waals surface area contributed by atoms with Crippen LogP contribution in [-0.2, 0) is 6.54 Å². The van der Waals surface area contributed by atoms with Gasteiger partial charge in [-0.2, -0.15) is 0 Å². The smallest absolute Gasteiger partial charge is 0.251 e. The van der Waals surface area contributed by atoms with Gasteiger partial charge in [0, 0.05) is 61.8 Å². The lowest BCUT2D eigenvalue weighted by Crippen LogP contribution is -2.44. The molecule has 0 spiro atoms. The number of pyridine rings is 1. The summed E-state index contributed by atoms with van der Waals surface area (Å²) in [5.74, 6) is 1.78. The summed E-state index contributed by atoms with van der Waals surface area (Å²) in [6.07, 6.45) is 7.96. The second kappa shape index (κ2) is 6.92. The highest BCUT2D eigenvalue weighted by atomic mass is 16.3. The van der Waals surface area contributed by atoms with Crippen LogP contribution in [0.1, 0.15) is 30.9 Å². The Morgan fingerprint density at radius 3 is 2.87 bits per heavy atom. The van der Waals surface area contributed by atoms with Crippen molar-refractivity contribution in [3.8, 4) is 11.3 Å². The maximum absolute atomic E-state index is 13.0. The summed E-state index contributed by atoms with van der Waals surface area (Å²) in [6.45, 7) is 4.28. The number of aliphatic hydroxyl groups is 1. The van der Waals surface area contributed by atoms with Gasteiger partial charge in [-0.1, -0.05) is 0 Å². The molecule has 0 aromatic carbocycles. The summed E-state index contributed by atoms with van der Waals surface area (Å²) in [7, 11) is 0. The predicted octanol–water partition coefficient (Wildman–Crippen LogP) is 1.23. The van der Waals surface area contributed by atoms with Gasteiger partial charge in [0.1, 0.15) is 0 Å². The van der Waals surface area contributed by atoms with Gasteiger partial charge in [-0.05, 0) is 37.8 Å². The number of fused-ring (bicyclic) bond motifs is 5. The number of imidazole rings is 1. The molecule has 2 N–H and O–H groups in total. The molecule has 3 aliphatic rings. The average molecular weight is 406 g/mol. The van der Waals surface area contributed by atoms with E-state index in [0.29, 0.717) is 11.8 Å². The van der Waals surface area contributed by atoms with Gasteiger partial charge in [0.15, 0.2) is 11.5 Å². The van der Waals surface area contributed by atoms with E-state index < -0.39 is 0 Å². The molecule has 3 aromatic rings. The standard InChI is InChI=1S/C22H26N6O2/c29-17-1-4-26(5-2-17)21-22-25-12-19(27(22)6-3-24-21)15-8-18-16-7-14(10-23-11-16)13-28(18)20(30)9-15/h3,6,8-9,12,14,16-17,23,29H,1-2,4-5,7,10-11,13H2/t14-,16+/m0/s1. The molecular formula is C22H26N6O2. The number of hydrogen-bond acceptors (Lipinski definition) is 6. The van der Waals surface area contributed by atoms with Crippen molar-refractivity contribution in [1.82, 2.24) is 24.3 Å². The first-order valence-electron chi connectivity index (χ1n) is 10.9. The van der Waals surface area contributed by atoms with Gasteiger partial charge in [-0.25, -0.2) is 9.97 Å². The zero-order valence-electron chi connectivity index (χ0n) is 16.9. The molecule has 3 aromatic heterocycles. The Morgan fingerprint density at radius 1 is 1.13 bits per heavy atom. The lowest BCUT2D eigenvalue weighted by molar-refractivity contribution is 0.145. The third-order valence-corrected chi connectivity index (χ3v) is 6.93. The van der Waals surface area contributed by atoms with Crippen LogP contribution in [0.2, 0.25) is 0 Å². The third kappa shape index (κ3) is 2.86. The molecule has 2 fully saturated rings. The van der Waals surface area contributed by atoms with E-state index in [9.17, 15) is 9.90 Å². The van der Waals surface area contributed by atoms with Gasteiger partial charge in [-0.3, -0.25) is 9.20 Å². The van der Waals surface area contributed by atoms with E-state index >= 15 is 0 Å². The highest BCUT2D eigenvalue weighted by Crippen LogP contribution is 2.34. The summed E-state index contributed by atoms with van der Waals surface area (Å²) in [5.41, 5.74) is 3.83. The highest BCUT2D eigenvalue weighted by Gasteiger charge is 2.31. The van der Waals surface area contributed by atoms with E-state index in [1.54, 1.807) is 12.3 Å². The molecule has 8 nitrogen and oxygen atoms in total. The first-order chi connectivity index (χ1) is 14.7. The van der Waals surface area contributed by atoms with E-state index in [0.717, 1.165) is 80.4 Å². The molecule has 0 amide bonds. The van der Waals surface area contributed by atoms with Crippen LogP contribution >= 0.6 is 0 Å². The molecule has 0 unspecified atom stereocenters. The average Bonchev–Trinajstić information content (AvgIpc) is 3.20. The zero-order valence-corrected chi connectivity index (χ0v) is 16.9. The summed E-state index contributed by atoms with van der Waals surface area (Å²) in [5, 5.41) is 13.3. The molecule has 30 heavy (non-hydrogen) atoms. The van der Waals surface area contributed by atoms with Crippen LogP contribution in [0.15, 0.2) is 35.5 Å². The Labute approximate surface area is 174 Å². The van der Waals surface area contributed by atoms with Gasteiger partial charge < -0.3 is 19.9 Å². The van der Waals surface area contributed by atoms with Crippen LogP contribution in [0.4, 0.5) is 5.82 Å². The van der Waals surface area contributed by atoms with E-state index in [1.807, 2.05) is 21.4 Å². The number of rotatable bonds is 2. The third-order valence-electron chi connectivity index (χ3n) is 6.93. The second-order valence-electron chi connectivity index (χ2n) is 8.88. The van der Waals surface area contributed by atoms with E-state index in [-0.39, 0.29) is 11.7 Å². The number of nitrogens with zero attached hydrogens (tertiary/aromatic N) is 5. The summed E-state index contributed by atoms with van der Waals surface area (Å²) >= 11 is 0. The van der Waals surface area contributed by atoms with Crippen LogP contribution in [0.3, 0.4) is 0 Å². The van der Waals surface area contributed by atoms with Crippen LogP contribution in [0.25, 0.3) is 16.9 Å². The monoisotopic (exact) mass is 406 g/mol. The van der Waals surface area contributed by atoms with E-state index in [2.05, 4.69) is 26.3 Å². The SMILES string of the molecule is O=c1cc(-c2cnc3c(N4CCC(O)CC4)nccn23)cc2n1C[C@@H]1CNC[C@H]2C1. The molecule has 2 bridgehead atoms. The minimum atomic E-state index is -0.228. The topological polar surface area (TPSA) is 87.7 Å². The number of aromatic nitrogens is 4. The maximum atomic E-state index is 13.0. The molecule has 6 heterocycles. The molecule has 2 saturated heterocycles. The normalized spacial score (nSPS) is 24.2. The van der Waals surface area contributed by atoms with Gasteiger partial charge in [-0.15, -0.1) is 0 Å². The van der Waals surface area contributed by atoms with Crippen LogP contribution in [-0.4, -0.2) is 56.3 Å². The summed E-state index contributed by atoms with van der Waals surface area (Å²) in [4.78, 5) is 24.4. The molecule has 2 atom stereocenters. The largest absolute Gasteiger partial charge is 0.393 e. The molecule has 156 valence electrons. The molecule has 8 heteroatoms. The van der Waals surface area contributed by atoms with Gasteiger partial charge >= 0.3 is 0 Å². The molecule has 0 saturated carbocycles. The van der Waals surface area contributed by atoms with Crippen molar-refractivity contribution in [2.45, 2.75) is 37.8 Å². The van der Waals surface area contributed by atoms with Crippen LogP contribution in [0.5, 0.6) is 0 Å². The van der Waals surface area contributed by atoms with E-state index in [4.69, 9.17) is 0 Å². The lowest BCUT2D eigenvalue weighted by Gasteiger charge is -2.37. The van der Waals surface area contributed by atoms with Crippen molar-refractivity contribution in [1.29, 1.82) is 0 Å². The van der Waals surface area contributed by atoms with Crippen molar-refractivity contribution in [2.75, 3.05) is 31.1 Å². The molecule has 0 radical (unpaired) electrons. The van der Waals surface area contributed by atoms with Gasteiger partial charge in [0.25, 0.3) is 5.56 Å². The maximum Gasteiger partial charge on any atom is 0.251 e. The van der Waals surface area contributed by atoms with Crippen molar-refractivity contribution in [3.05, 3.63) is 46.8 Å². The first-order valence-corrected chi connectivity index (χ1v) is 10.9. The zero-order chi connectivity index (χ0) is 20.2. The second-order valence-corrected chi connectivity index (χ2v) is 8.88. The van der Waals surface area contributed by atoms with Gasteiger partial charge in [0.05, 0.1) is 18.0 Å². The lowest BCUT2D eigenvalue weighted by atomic mass is 9.83. The molecule has 0 aliphatic carbocycles. The summed E-state index contributed by atoms with van der Waals surface area (Å²) < 4.78 is 4.00. The van der Waals surface area contributed by atoms with Crippen molar-refractivity contribution < 1.29 is 5.11 Å². The van der Waals surface area contributed by atoms with Gasteiger partial charge in [0.2, 0.25) is 0 Å². The van der Waals surface area contributed by atoms with E-state index in [1.165, 1.54) is 0 Å². The first kappa shape index (κ1) is 18.1. The Morgan fingerprint density at radius 2 is 2.00 bits per heavy atom. The predicted molar refractivity (Wildman–Crippen MR) is 114 cm³/mol. The minimum absolute atomic E-state index is 0.0772. The van der Waals surface area contributed by atoms with Crippen molar-refractivity contribution in [3.63, 3.8) is 0 Å². The van der Waals surface area contributed by atoms with Crippen LogP contribution < -0.4 is 15.8 Å². The fraction of sp³-hybridized carbons (Fsp3) is 0.500. The van der Waals surface area contributed by atoms with Crippen molar-refractivity contribution in [2.24, 2.45) is 5.92 Å². The fourth-order valence-electron chi connectivity index (χ4n) is 5.37. The quantitative estimate of drug-likeness (QED) is 0.666. The summed E-state index contributed by atoms with van der Waals surface area (Å²) in [6, 6.07) is 3.93. The van der Waals surface area contributed by atoms with Crippen LogP contribution in [0, 0.1) is 5.92 Å². The molecule has 6 rings (SSSR count). The molecule has 3 aliphatic heterocycles.